The number of aromatic nitrogens is 2. The van der Waals surface area contributed by atoms with Gasteiger partial charge >= 0.3 is 0 Å². The maximum Gasteiger partial charge on any atom is 0.223 e. The molecule has 0 spiro atoms. The predicted molar refractivity (Wildman–Crippen MR) is 113 cm³/mol. The second-order valence-electron chi connectivity index (χ2n) is 7.87. The van der Waals surface area contributed by atoms with Crippen LogP contribution < -0.4 is 15.1 Å². The summed E-state index contributed by atoms with van der Waals surface area (Å²) in [7, 11) is 0. The Labute approximate surface area is 176 Å². The molecule has 2 aliphatic heterocycles. The van der Waals surface area contributed by atoms with E-state index in [4.69, 9.17) is 4.74 Å². The summed E-state index contributed by atoms with van der Waals surface area (Å²) in [4.78, 5) is 26.0. The second kappa shape index (κ2) is 9.38. The first kappa shape index (κ1) is 20.5. The number of hydrogen-bond acceptors (Lipinski definition) is 6. The monoisotopic (exact) mass is 413 g/mol. The summed E-state index contributed by atoms with van der Waals surface area (Å²) in [6.07, 6.45) is 5.01. The van der Waals surface area contributed by atoms with E-state index >= 15 is 0 Å². The fourth-order valence-electron chi connectivity index (χ4n) is 4.11. The van der Waals surface area contributed by atoms with E-state index in [0.717, 1.165) is 56.1 Å². The average Bonchev–Trinajstić information content (AvgIpc) is 2.80. The van der Waals surface area contributed by atoms with Crippen molar-refractivity contribution in [3.63, 3.8) is 0 Å². The average molecular weight is 413 g/mol. The van der Waals surface area contributed by atoms with E-state index < -0.39 is 0 Å². The van der Waals surface area contributed by atoms with Crippen molar-refractivity contribution >= 4 is 17.4 Å². The normalized spacial score (nSPS) is 18.9. The predicted octanol–water partition coefficient (Wildman–Crippen LogP) is 2.55. The number of benzene rings is 1. The van der Waals surface area contributed by atoms with E-state index in [1.54, 1.807) is 18.5 Å². The van der Waals surface area contributed by atoms with Crippen molar-refractivity contribution in [2.24, 2.45) is 5.92 Å². The van der Waals surface area contributed by atoms with Crippen LogP contribution in [-0.4, -0.2) is 55.3 Å². The number of carbonyl (C=O) groups is 1. The largest absolute Gasteiger partial charge is 0.378 e. The summed E-state index contributed by atoms with van der Waals surface area (Å²) in [5.74, 6) is 0.705. The Morgan fingerprint density at radius 3 is 2.53 bits per heavy atom. The van der Waals surface area contributed by atoms with E-state index in [-0.39, 0.29) is 23.7 Å². The molecular formula is C22H28FN5O2. The van der Waals surface area contributed by atoms with Crippen LogP contribution in [0.2, 0.25) is 0 Å². The lowest BCUT2D eigenvalue weighted by Crippen LogP contribution is -2.43. The first-order chi connectivity index (χ1) is 14.6. The maximum absolute atomic E-state index is 13.1. The van der Waals surface area contributed by atoms with Crippen molar-refractivity contribution in [1.29, 1.82) is 0 Å². The molecule has 2 aromatic rings. The molecule has 0 unspecified atom stereocenters. The molecule has 2 saturated heterocycles. The third kappa shape index (κ3) is 4.70. The van der Waals surface area contributed by atoms with Gasteiger partial charge in [0, 0.05) is 32.1 Å². The lowest BCUT2D eigenvalue weighted by molar-refractivity contribution is -0.126. The zero-order chi connectivity index (χ0) is 20.9. The molecule has 1 N–H and O–H groups in total. The number of nitrogens with one attached hydrogen (secondary N) is 1. The molecule has 7 nitrogen and oxygen atoms in total. The van der Waals surface area contributed by atoms with Gasteiger partial charge in [-0.2, -0.15) is 0 Å². The molecule has 0 bridgehead atoms. The number of hydrogen-bond donors (Lipinski definition) is 1. The Hall–Kier alpha value is -2.74. The molecule has 1 atom stereocenters. The van der Waals surface area contributed by atoms with Gasteiger partial charge in [0.15, 0.2) is 5.82 Å². The first-order valence-corrected chi connectivity index (χ1v) is 10.6. The van der Waals surface area contributed by atoms with Crippen LogP contribution in [0, 0.1) is 11.7 Å². The highest BCUT2D eigenvalue weighted by molar-refractivity contribution is 5.79. The van der Waals surface area contributed by atoms with Crippen LogP contribution in [0.4, 0.5) is 15.9 Å². The zero-order valence-electron chi connectivity index (χ0n) is 17.3. The molecule has 0 radical (unpaired) electrons. The minimum atomic E-state index is -0.272. The van der Waals surface area contributed by atoms with Gasteiger partial charge in [0.2, 0.25) is 5.91 Å². The number of anilines is 2. The number of nitrogens with zero attached hydrogens (tertiary/aromatic N) is 4. The number of piperidine rings is 1. The number of rotatable bonds is 5. The molecule has 160 valence electrons. The van der Waals surface area contributed by atoms with E-state index in [2.05, 4.69) is 25.1 Å². The van der Waals surface area contributed by atoms with Gasteiger partial charge in [-0.25, -0.2) is 14.4 Å². The highest BCUT2D eigenvalue weighted by Gasteiger charge is 2.28. The molecule has 1 aromatic heterocycles. The molecular weight excluding hydrogens is 385 g/mol. The summed E-state index contributed by atoms with van der Waals surface area (Å²) in [6.45, 7) is 6.56. The third-order valence-corrected chi connectivity index (χ3v) is 5.92. The number of amides is 1. The van der Waals surface area contributed by atoms with Crippen LogP contribution in [0.5, 0.6) is 0 Å². The SMILES string of the molecule is C[C@H](NC(=O)C1CCN(c2cncnc2N2CCOCC2)CC1)c1ccc(F)cc1. The summed E-state index contributed by atoms with van der Waals surface area (Å²) >= 11 is 0. The molecule has 2 aliphatic rings. The molecule has 30 heavy (non-hydrogen) atoms. The Bertz CT molecular complexity index is 849. The molecule has 1 aromatic carbocycles. The quantitative estimate of drug-likeness (QED) is 0.812. The lowest BCUT2D eigenvalue weighted by Gasteiger charge is -2.36. The smallest absolute Gasteiger partial charge is 0.223 e. The molecule has 4 rings (SSSR count). The first-order valence-electron chi connectivity index (χ1n) is 10.6. The van der Waals surface area contributed by atoms with Gasteiger partial charge in [-0.3, -0.25) is 4.79 Å². The van der Waals surface area contributed by atoms with Gasteiger partial charge in [0.05, 0.1) is 31.1 Å². The van der Waals surface area contributed by atoms with Crippen molar-refractivity contribution in [1.82, 2.24) is 15.3 Å². The number of carbonyl (C=O) groups excluding carboxylic acids is 1. The summed E-state index contributed by atoms with van der Waals surface area (Å²) in [5, 5.41) is 3.08. The second-order valence-corrected chi connectivity index (χ2v) is 7.87. The fourth-order valence-corrected chi connectivity index (χ4v) is 4.11. The van der Waals surface area contributed by atoms with Crippen LogP contribution in [0.3, 0.4) is 0 Å². The number of halogens is 1. The maximum atomic E-state index is 13.1. The lowest BCUT2D eigenvalue weighted by atomic mass is 9.95. The topological polar surface area (TPSA) is 70.6 Å². The van der Waals surface area contributed by atoms with Gasteiger partial charge in [0.25, 0.3) is 0 Å². The van der Waals surface area contributed by atoms with Crippen molar-refractivity contribution in [2.45, 2.75) is 25.8 Å². The Balaban J connectivity index is 1.35. The fraction of sp³-hybridized carbons (Fsp3) is 0.500. The molecule has 8 heteroatoms. The van der Waals surface area contributed by atoms with Crippen molar-refractivity contribution in [3.8, 4) is 0 Å². The van der Waals surface area contributed by atoms with Gasteiger partial charge in [-0.1, -0.05) is 12.1 Å². The summed E-state index contributed by atoms with van der Waals surface area (Å²) in [6, 6.07) is 6.12. The van der Waals surface area contributed by atoms with Crippen LogP contribution in [0.1, 0.15) is 31.4 Å². The van der Waals surface area contributed by atoms with E-state index in [1.807, 2.05) is 13.1 Å². The van der Waals surface area contributed by atoms with Crippen molar-refractivity contribution < 1.29 is 13.9 Å². The Morgan fingerprint density at radius 1 is 1.13 bits per heavy atom. The summed E-state index contributed by atoms with van der Waals surface area (Å²) in [5.41, 5.74) is 1.93. The van der Waals surface area contributed by atoms with Crippen molar-refractivity contribution in [3.05, 3.63) is 48.2 Å². The number of morpholine rings is 1. The summed E-state index contributed by atoms with van der Waals surface area (Å²) < 4.78 is 18.6. The molecule has 0 saturated carbocycles. The van der Waals surface area contributed by atoms with E-state index in [0.29, 0.717) is 13.2 Å². The highest BCUT2D eigenvalue weighted by atomic mass is 19.1. The van der Waals surface area contributed by atoms with Gasteiger partial charge in [0.1, 0.15) is 12.1 Å². The third-order valence-electron chi connectivity index (χ3n) is 5.92. The van der Waals surface area contributed by atoms with Crippen LogP contribution >= 0.6 is 0 Å². The van der Waals surface area contributed by atoms with E-state index in [9.17, 15) is 9.18 Å². The molecule has 3 heterocycles. The van der Waals surface area contributed by atoms with Crippen LogP contribution in [0.25, 0.3) is 0 Å². The molecule has 1 amide bonds. The minimum absolute atomic E-state index is 0.0272. The van der Waals surface area contributed by atoms with E-state index in [1.165, 1.54) is 12.1 Å². The van der Waals surface area contributed by atoms with Gasteiger partial charge in [-0.15, -0.1) is 0 Å². The Kier molecular flexibility index (Phi) is 6.42. The van der Waals surface area contributed by atoms with Crippen LogP contribution in [0.15, 0.2) is 36.8 Å². The van der Waals surface area contributed by atoms with Gasteiger partial charge in [-0.05, 0) is 37.5 Å². The Morgan fingerprint density at radius 2 is 1.83 bits per heavy atom. The van der Waals surface area contributed by atoms with Gasteiger partial charge < -0.3 is 19.9 Å². The number of ether oxygens (including phenoxy) is 1. The molecule has 2 fully saturated rings. The standard InChI is InChI=1S/C22H28FN5O2/c1-16(17-2-4-19(23)5-3-17)26-22(29)18-6-8-27(9-7-18)20-14-24-15-25-21(20)28-10-12-30-13-11-28/h2-5,14-16,18H,6-13H2,1H3,(H,26,29)/t16-/m0/s1. The van der Waals surface area contributed by atoms with Crippen molar-refractivity contribution in [2.75, 3.05) is 49.2 Å². The minimum Gasteiger partial charge on any atom is -0.378 e. The van der Waals surface area contributed by atoms with Crippen LogP contribution in [-0.2, 0) is 9.53 Å². The molecule has 0 aliphatic carbocycles. The zero-order valence-corrected chi connectivity index (χ0v) is 17.3. The highest BCUT2D eigenvalue weighted by Crippen LogP contribution is 2.30.